The van der Waals surface area contributed by atoms with Gasteiger partial charge in [0.2, 0.25) is 10.0 Å². The molecule has 1 aromatic carbocycles. The van der Waals surface area contributed by atoms with Crippen LogP contribution in [0.5, 0.6) is 0 Å². The zero-order valence-electron chi connectivity index (χ0n) is 13.3. The lowest BCUT2D eigenvalue weighted by Crippen LogP contribution is -3.12. The van der Waals surface area contributed by atoms with Crippen LogP contribution >= 0.6 is 0 Å². The van der Waals surface area contributed by atoms with Gasteiger partial charge >= 0.3 is 0 Å². The molecule has 0 amide bonds. The maximum Gasteiger partial charge on any atom is 0.211 e. The maximum absolute atomic E-state index is 11.8. The Morgan fingerprint density at radius 1 is 1.22 bits per heavy atom. The predicted octanol–water partition coefficient (Wildman–Crippen LogP) is 0.901. The number of nitrogens with one attached hydrogen (secondary N) is 2. The summed E-state index contributed by atoms with van der Waals surface area (Å²) < 4.78 is 31.9. The molecule has 0 radical (unpaired) electrons. The summed E-state index contributed by atoms with van der Waals surface area (Å²) in [6.07, 6.45) is 2.65. The van der Waals surface area contributed by atoms with Crippen molar-refractivity contribution in [2.24, 2.45) is 0 Å². The molecular formula is C17H23N2O3S+. The average Bonchev–Trinajstić information content (AvgIpc) is 3.09. The highest BCUT2D eigenvalue weighted by molar-refractivity contribution is 7.89. The molecular weight excluding hydrogens is 312 g/mol. The summed E-state index contributed by atoms with van der Waals surface area (Å²) in [6, 6.07) is 12.2. The summed E-state index contributed by atoms with van der Waals surface area (Å²) in [5.74, 6) is 0.925. The summed E-state index contributed by atoms with van der Waals surface area (Å²) in [5, 5.41) is 0. The number of fused-ring (bicyclic) bond motifs is 1. The fraction of sp³-hybridized carbons (Fsp3) is 0.412. The van der Waals surface area contributed by atoms with Crippen molar-refractivity contribution < 1.29 is 17.7 Å². The molecule has 2 N–H and O–H groups in total. The standard InChI is InChI=1S/C17H22N2O3S/c1-2-23(20,21)18-12-16(17-8-5-11-22-17)19-10-9-14-6-3-4-7-15(14)13-19/h3-8,11,16,18H,2,9-10,12-13H2,1H3/p+1/t16-/m1/s1. The van der Waals surface area contributed by atoms with Crippen molar-refractivity contribution >= 4 is 10.0 Å². The molecule has 23 heavy (non-hydrogen) atoms. The molecule has 124 valence electrons. The molecule has 1 unspecified atom stereocenters. The minimum atomic E-state index is -3.21. The van der Waals surface area contributed by atoms with E-state index in [0.717, 1.165) is 25.3 Å². The molecule has 0 saturated heterocycles. The van der Waals surface area contributed by atoms with Crippen molar-refractivity contribution in [3.05, 3.63) is 59.5 Å². The van der Waals surface area contributed by atoms with E-state index in [0.29, 0.717) is 6.54 Å². The Morgan fingerprint density at radius 2 is 2.00 bits per heavy atom. The van der Waals surface area contributed by atoms with Crippen LogP contribution in [0.4, 0.5) is 0 Å². The topological polar surface area (TPSA) is 63.8 Å². The minimum absolute atomic E-state index is 0.0142. The summed E-state index contributed by atoms with van der Waals surface area (Å²) in [7, 11) is -3.21. The predicted molar refractivity (Wildman–Crippen MR) is 88.6 cm³/mol. The van der Waals surface area contributed by atoms with E-state index >= 15 is 0 Å². The fourth-order valence-electron chi connectivity index (χ4n) is 3.15. The molecule has 0 spiro atoms. The Bertz CT molecular complexity index is 741. The van der Waals surface area contributed by atoms with Gasteiger partial charge in [0.05, 0.1) is 25.1 Å². The molecule has 2 atom stereocenters. The van der Waals surface area contributed by atoms with E-state index in [2.05, 4.69) is 29.0 Å². The Balaban J connectivity index is 1.79. The molecule has 2 aromatic rings. The molecule has 0 fully saturated rings. The minimum Gasteiger partial charge on any atom is -0.463 e. The van der Waals surface area contributed by atoms with E-state index < -0.39 is 10.0 Å². The van der Waals surface area contributed by atoms with Gasteiger partial charge in [-0.2, -0.15) is 0 Å². The van der Waals surface area contributed by atoms with Gasteiger partial charge in [0.1, 0.15) is 6.54 Å². The van der Waals surface area contributed by atoms with Crippen molar-refractivity contribution in [2.75, 3.05) is 18.8 Å². The van der Waals surface area contributed by atoms with Crippen LogP contribution in [-0.2, 0) is 23.0 Å². The van der Waals surface area contributed by atoms with E-state index in [1.807, 2.05) is 12.1 Å². The second-order valence-electron chi connectivity index (χ2n) is 5.92. The first-order valence-electron chi connectivity index (χ1n) is 8.01. The monoisotopic (exact) mass is 335 g/mol. The summed E-state index contributed by atoms with van der Waals surface area (Å²) >= 11 is 0. The molecule has 6 heteroatoms. The normalized spacial score (nSPS) is 19.3. The first-order valence-corrected chi connectivity index (χ1v) is 9.66. The molecule has 0 saturated carbocycles. The van der Waals surface area contributed by atoms with Crippen molar-refractivity contribution in [3.63, 3.8) is 0 Å². The SMILES string of the molecule is CCS(=O)(=O)NC[C@H](c1ccco1)[NH+]1CCc2ccccc2C1. The van der Waals surface area contributed by atoms with Crippen molar-refractivity contribution in [1.82, 2.24) is 4.72 Å². The quantitative estimate of drug-likeness (QED) is 0.824. The molecule has 5 nitrogen and oxygen atoms in total. The van der Waals surface area contributed by atoms with Crippen molar-refractivity contribution in [3.8, 4) is 0 Å². The summed E-state index contributed by atoms with van der Waals surface area (Å²) in [6.45, 7) is 3.86. The average molecular weight is 335 g/mol. The number of rotatable bonds is 6. The summed E-state index contributed by atoms with van der Waals surface area (Å²) in [4.78, 5) is 1.33. The largest absolute Gasteiger partial charge is 0.463 e. The van der Waals surface area contributed by atoms with Gasteiger partial charge in [-0.15, -0.1) is 0 Å². The van der Waals surface area contributed by atoms with Gasteiger partial charge in [0.25, 0.3) is 0 Å². The van der Waals surface area contributed by atoms with Crippen LogP contribution in [0.15, 0.2) is 47.1 Å². The Hall–Kier alpha value is -1.63. The van der Waals surface area contributed by atoms with Crippen LogP contribution in [0, 0.1) is 0 Å². The number of hydrogen-bond donors (Lipinski definition) is 2. The van der Waals surface area contributed by atoms with Gasteiger partial charge in [0.15, 0.2) is 11.8 Å². The van der Waals surface area contributed by atoms with Gasteiger partial charge in [-0.05, 0) is 24.6 Å². The smallest absolute Gasteiger partial charge is 0.211 e. The van der Waals surface area contributed by atoms with E-state index in [1.165, 1.54) is 16.0 Å². The van der Waals surface area contributed by atoms with E-state index in [4.69, 9.17) is 4.42 Å². The van der Waals surface area contributed by atoms with Gasteiger partial charge in [-0.3, -0.25) is 0 Å². The second-order valence-corrected chi connectivity index (χ2v) is 8.02. The molecule has 1 aromatic heterocycles. The highest BCUT2D eigenvalue weighted by Crippen LogP contribution is 2.15. The number of benzene rings is 1. The van der Waals surface area contributed by atoms with Crippen molar-refractivity contribution in [2.45, 2.75) is 25.9 Å². The van der Waals surface area contributed by atoms with Crippen molar-refractivity contribution in [1.29, 1.82) is 0 Å². The third-order valence-electron chi connectivity index (χ3n) is 4.52. The molecule has 1 aliphatic heterocycles. The zero-order valence-corrected chi connectivity index (χ0v) is 14.1. The van der Waals surface area contributed by atoms with E-state index in [-0.39, 0.29) is 11.8 Å². The van der Waals surface area contributed by atoms with Gasteiger partial charge in [-0.1, -0.05) is 24.3 Å². The first-order chi connectivity index (χ1) is 11.1. The zero-order chi connectivity index (χ0) is 16.3. The molecule has 0 bridgehead atoms. The Kier molecular flexibility index (Phi) is 4.84. The van der Waals surface area contributed by atoms with Gasteiger partial charge < -0.3 is 9.32 Å². The van der Waals surface area contributed by atoms with Crippen LogP contribution in [0.1, 0.15) is 29.9 Å². The van der Waals surface area contributed by atoms with Crippen LogP contribution in [-0.4, -0.2) is 27.3 Å². The number of furan rings is 1. The Labute approximate surface area is 137 Å². The number of hydrogen-bond acceptors (Lipinski definition) is 3. The number of quaternary nitrogens is 1. The number of sulfonamides is 1. The van der Waals surface area contributed by atoms with Crippen LogP contribution < -0.4 is 9.62 Å². The Morgan fingerprint density at radius 3 is 2.70 bits per heavy atom. The maximum atomic E-state index is 11.8. The fourth-order valence-corrected chi connectivity index (χ4v) is 3.77. The molecule has 1 aliphatic rings. The molecule has 0 aliphatic carbocycles. The van der Waals surface area contributed by atoms with E-state index in [9.17, 15) is 8.42 Å². The second kappa shape index (κ2) is 6.86. The van der Waals surface area contributed by atoms with Gasteiger partial charge in [0, 0.05) is 12.0 Å². The lowest BCUT2D eigenvalue weighted by Gasteiger charge is -2.31. The van der Waals surface area contributed by atoms with E-state index in [1.54, 1.807) is 13.2 Å². The van der Waals surface area contributed by atoms with Crippen LogP contribution in [0.2, 0.25) is 0 Å². The highest BCUT2D eigenvalue weighted by Gasteiger charge is 2.31. The lowest BCUT2D eigenvalue weighted by molar-refractivity contribution is -0.946. The van der Waals surface area contributed by atoms with Crippen LogP contribution in [0.3, 0.4) is 0 Å². The van der Waals surface area contributed by atoms with Gasteiger partial charge in [-0.25, -0.2) is 13.1 Å². The first kappa shape index (κ1) is 16.2. The molecule has 2 heterocycles. The van der Waals surface area contributed by atoms with Crippen LogP contribution in [0.25, 0.3) is 0 Å². The summed E-state index contributed by atoms with van der Waals surface area (Å²) in [5.41, 5.74) is 2.73. The third kappa shape index (κ3) is 3.83. The lowest BCUT2D eigenvalue weighted by atomic mass is 9.98. The highest BCUT2D eigenvalue weighted by atomic mass is 32.2. The molecule has 3 rings (SSSR count). The third-order valence-corrected chi connectivity index (χ3v) is 5.88.